The minimum Gasteiger partial charge on any atom is -0.339 e. The van der Waals surface area contributed by atoms with Crippen LogP contribution < -0.4 is 0 Å². The lowest BCUT2D eigenvalue weighted by Crippen LogP contribution is -2.47. The predicted octanol–water partition coefficient (Wildman–Crippen LogP) is 0.920. The van der Waals surface area contributed by atoms with Gasteiger partial charge < -0.3 is 9.42 Å². The molecule has 0 spiro atoms. The largest absolute Gasteiger partial charge is 0.339 e. The highest BCUT2D eigenvalue weighted by molar-refractivity contribution is 7.81. The number of hydrogen-bond acceptors (Lipinski definition) is 4. The van der Waals surface area contributed by atoms with Crippen LogP contribution in [-0.4, -0.2) is 60.7 Å². The van der Waals surface area contributed by atoms with Gasteiger partial charge in [-0.05, 0) is 6.92 Å². The average Bonchev–Trinajstić information content (AvgIpc) is 2.28. The van der Waals surface area contributed by atoms with Crippen molar-refractivity contribution in [2.75, 3.05) is 45.2 Å². The number of rotatable bonds is 4. The molecule has 0 aromatic carbocycles. The first-order valence-corrected chi connectivity index (χ1v) is 8.03. The van der Waals surface area contributed by atoms with Crippen LogP contribution in [0.1, 0.15) is 6.92 Å². The fourth-order valence-electron chi connectivity index (χ4n) is 1.73. The number of carbonyl (C=O) groups excluding carboxylic acids is 1. The second-order valence-electron chi connectivity index (χ2n) is 3.71. The minimum atomic E-state index is -2.66. The van der Waals surface area contributed by atoms with Crippen LogP contribution in [0, 0.1) is 0 Å². The van der Waals surface area contributed by atoms with Crippen molar-refractivity contribution in [1.29, 1.82) is 0 Å². The summed E-state index contributed by atoms with van der Waals surface area (Å²) in [7, 11) is -2.66. The Kier molecular flexibility index (Phi) is 5.31. The molecule has 16 heavy (non-hydrogen) atoms. The Morgan fingerprint density at radius 2 is 1.94 bits per heavy atom. The molecule has 1 aliphatic heterocycles. The van der Waals surface area contributed by atoms with Crippen molar-refractivity contribution in [3.63, 3.8) is 0 Å². The standard InChI is InChI=1S/C9H19N2O3PS/c1-3-14-15(2,13)11-6-4-10(5-7-11)9(12)8-16/h16H,3-8H2,1-2H3. The summed E-state index contributed by atoms with van der Waals surface area (Å²) in [6.07, 6.45) is 0. The number of amides is 1. The highest BCUT2D eigenvalue weighted by Gasteiger charge is 2.30. The number of carbonyl (C=O) groups is 1. The number of hydrogen-bond donors (Lipinski definition) is 1. The van der Waals surface area contributed by atoms with Gasteiger partial charge in [-0.1, -0.05) is 0 Å². The highest BCUT2D eigenvalue weighted by Crippen LogP contribution is 2.46. The number of piperazine rings is 1. The average molecular weight is 266 g/mol. The molecule has 1 atom stereocenters. The summed E-state index contributed by atoms with van der Waals surface area (Å²) >= 11 is 3.95. The van der Waals surface area contributed by atoms with Crippen molar-refractivity contribution in [2.45, 2.75) is 6.92 Å². The molecule has 1 saturated heterocycles. The topological polar surface area (TPSA) is 49.9 Å². The minimum absolute atomic E-state index is 0.0327. The Hall–Kier alpha value is -0.0300. The summed E-state index contributed by atoms with van der Waals surface area (Å²) in [5.41, 5.74) is 0. The molecule has 0 aromatic rings. The van der Waals surface area contributed by atoms with Crippen molar-refractivity contribution in [1.82, 2.24) is 9.57 Å². The van der Waals surface area contributed by atoms with Gasteiger partial charge in [-0.3, -0.25) is 9.36 Å². The quantitative estimate of drug-likeness (QED) is 0.607. The first-order valence-electron chi connectivity index (χ1n) is 5.37. The van der Waals surface area contributed by atoms with Crippen LogP contribution in [0.25, 0.3) is 0 Å². The summed E-state index contributed by atoms with van der Waals surface area (Å²) in [4.78, 5) is 13.1. The third kappa shape index (κ3) is 3.48. The second-order valence-corrected chi connectivity index (χ2v) is 6.46. The summed E-state index contributed by atoms with van der Waals surface area (Å²) < 4.78 is 19.2. The molecule has 1 amide bonds. The van der Waals surface area contributed by atoms with Crippen LogP contribution in [0.4, 0.5) is 0 Å². The summed E-state index contributed by atoms with van der Waals surface area (Å²) in [6.45, 7) is 6.32. The van der Waals surface area contributed by atoms with Crippen molar-refractivity contribution in [3.8, 4) is 0 Å². The highest BCUT2D eigenvalue weighted by atomic mass is 32.1. The Balaban J connectivity index is 2.48. The van der Waals surface area contributed by atoms with E-state index in [0.29, 0.717) is 32.8 Å². The van der Waals surface area contributed by atoms with Gasteiger partial charge in [0.1, 0.15) is 0 Å². The third-order valence-electron chi connectivity index (χ3n) is 2.63. The Labute approximate surface area is 102 Å². The molecule has 1 unspecified atom stereocenters. The van der Waals surface area contributed by atoms with Gasteiger partial charge >= 0.3 is 0 Å². The normalized spacial score (nSPS) is 21.8. The summed E-state index contributed by atoms with van der Waals surface area (Å²) in [6, 6.07) is 0. The van der Waals surface area contributed by atoms with E-state index < -0.39 is 7.52 Å². The van der Waals surface area contributed by atoms with Crippen molar-refractivity contribution >= 4 is 26.1 Å². The van der Waals surface area contributed by atoms with E-state index in [9.17, 15) is 9.36 Å². The maximum atomic E-state index is 12.1. The monoisotopic (exact) mass is 266 g/mol. The zero-order chi connectivity index (χ0) is 12.2. The van der Waals surface area contributed by atoms with E-state index in [4.69, 9.17) is 4.52 Å². The lowest BCUT2D eigenvalue weighted by molar-refractivity contribution is -0.129. The molecule has 0 aliphatic carbocycles. The zero-order valence-electron chi connectivity index (χ0n) is 9.76. The molecule has 1 rings (SSSR count). The van der Waals surface area contributed by atoms with Gasteiger partial charge in [0.25, 0.3) is 7.52 Å². The molecule has 0 bridgehead atoms. The van der Waals surface area contributed by atoms with Crippen LogP contribution in [0.2, 0.25) is 0 Å². The predicted molar refractivity (Wildman–Crippen MR) is 67.2 cm³/mol. The Morgan fingerprint density at radius 3 is 2.38 bits per heavy atom. The molecular formula is C9H19N2O3PS. The van der Waals surface area contributed by atoms with Crippen molar-refractivity contribution in [2.24, 2.45) is 0 Å². The van der Waals surface area contributed by atoms with Gasteiger partial charge in [-0.15, -0.1) is 0 Å². The first-order chi connectivity index (χ1) is 7.51. The van der Waals surface area contributed by atoms with Gasteiger partial charge in [-0.2, -0.15) is 12.6 Å². The van der Waals surface area contributed by atoms with Gasteiger partial charge in [0, 0.05) is 32.8 Å². The molecule has 0 saturated carbocycles. The second kappa shape index (κ2) is 6.05. The van der Waals surface area contributed by atoms with E-state index in [2.05, 4.69) is 12.6 Å². The Morgan fingerprint density at radius 1 is 1.38 bits per heavy atom. The fraction of sp³-hybridized carbons (Fsp3) is 0.889. The van der Waals surface area contributed by atoms with Crippen molar-refractivity contribution < 1.29 is 13.9 Å². The van der Waals surface area contributed by atoms with Crippen molar-refractivity contribution in [3.05, 3.63) is 0 Å². The smallest absolute Gasteiger partial charge is 0.269 e. The van der Waals surface area contributed by atoms with E-state index in [1.165, 1.54) is 0 Å². The van der Waals surface area contributed by atoms with Gasteiger partial charge in [-0.25, -0.2) is 4.67 Å². The lowest BCUT2D eigenvalue weighted by atomic mass is 10.3. The van der Waals surface area contributed by atoms with E-state index >= 15 is 0 Å². The van der Waals surface area contributed by atoms with Crippen LogP contribution in [-0.2, 0) is 13.9 Å². The van der Waals surface area contributed by atoms with E-state index in [0.717, 1.165) is 0 Å². The molecule has 1 fully saturated rings. The van der Waals surface area contributed by atoms with Gasteiger partial charge in [0.2, 0.25) is 5.91 Å². The first kappa shape index (κ1) is 14.0. The lowest BCUT2D eigenvalue weighted by Gasteiger charge is -2.36. The van der Waals surface area contributed by atoms with Crippen LogP contribution >= 0.6 is 20.1 Å². The molecule has 94 valence electrons. The zero-order valence-corrected chi connectivity index (χ0v) is 11.5. The molecule has 0 radical (unpaired) electrons. The molecule has 0 aromatic heterocycles. The number of nitrogens with zero attached hydrogens (tertiary/aromatic N) is 2. The van der Waals surface area contributed by atoms with E-state index in [1.807, 2.05) is 11.6 Å². The molecular weight excluding hydrogens is 247 g/mol. The summed E-state index contributed by atoms with van der Waals surface area (Å²) in [5.74, 6) is 0.264. The van der Waals surface area contributed by atoms with Crippen LogP contribution in [0.15, 0.2) is 0 Å². The maximum absolute atomic E-state index is 12.1. The molecule has 5 nitrogen and oxygen atoms in total. The SMILES string of the molecule is CCOP(C)(=O)N1CCN(C(=O)CS)CC1. The fourth-order valence-corrected chi connectivity index (χ4v) is 3.48. The van der Waals surface area contributed by atoms with E-state index in [-0.39, 0.29) is 11.7 Å². The van der Waals surface area contributed by atoms with Gasteiger partial charge in [0.15, 0.2) is 0 Å². The Bertz CT molecular complexity index is 292. The summed E-state index contributed by atoms with van der Waals surface area (Å²) in [5, 5.41) is 0. The molecule has 1 heterocycles. The third-order valence-corrected chi connectivity index (χ3v) is 5.06. The molecule has 0 N–H and O–H groups in total. The molecule has 7 heteroatoms. The maximum Gasteiger partial charge on any atom is 0.269 e. The van der Waals surface area contributed by atoms with E-state index in [1.54, 1.807) is 11.6 Å². The van der Waals surface area contributed by atoms with Crippen LogP contribution in [0.3, 0.4) is 0 Å². The number of thiol groups is 1. The molecule has 1 aliphatic rings. The van der Waals surface area contributed by atoms with Crippen LogP contribution in [0.5, 0.6) is 0 Å². The van der Waals surface area contributed by atoms with Gasteiger partial charge in [0.05, 0.1) is 12.4 Å².